The Labute approximate surface area is 107 Å². The average Bonchev–Trinajstić information content (AvgIpc) is 2.43. The van der Waals surface area contributed by atoms with Crippen LogP contribution in [0.4, 0.5) is 0 Å². The van der Waals surface area contributed by atoms with Crippen molar-refractivity contribution in [3.63, 3.8) is 0 Å². The molecule has 1 aromatic rings. The SMILES string of the molecule is CCC(CC)NC(=O)c1cccc(/C(N)=N/O)c1. The first-order chi connectivity index (χ1) is 8.62. The number of nitrogens with two attached hydrogens (primary N) is 1. The Morgan fingerprint density at radius 2 is 2.00 bits per heavy atom. The Hall–Kier alpha value is -2.04. The van der Waals surface area contributed by atoms with E-state index in [1.54, 1.807) is 24.3 Å². The molecule has 4 N–H and O–H groups in total. The highest BCUT2D eigenvalue weighted by molar-refractivity contribution is 6.01. The summed E-state index contributed by atoms with van der Waals surface area (Å²) >= 11 is 0. The van der Waals surface area contributed by atoms with E-state index in [-0.39, 0.29) is 17.8 Å². The predicted octanol–water partition coefficient (Wildman–Crippen LogP) is 1.70. The van der Waals surface area contributed by atoms with Gasteiger partial charge in [0.25, 0.3) is 5.91 Å². The summed E-state index contributed by atoms with van der Waals surface area (Å²) in [7, 11) is 0. The first-order valence-corrected chi connectivity index (χ1v) is 6.01. The van der Waals surface area contributed by atoms with Gasteiger partial charge in [-0.15, -0.1) is 0 Å². The van der Waals surface area contributed by atoms with Crippen molar-refractivity contribution in [2.24, 2.45) is 10.9 Å². The molecule has 0 spiro atoms. The second-order valence-corrected chi connectivity index (χ2v) is 4.05. The largest absolute Gasteiger partial charge is 0.409 e. The number of carbonyl (C=O) groups is 1. The molecule has 98 valence electrons. The lowest BCUT2D eigenvalue weighted by molar-refractivity contribution is 0.0935. The molecule has 5 heteroatoms. The Balaban J connectivity index is 2.86. The van der Waals surface area contributed by atoms with Gasteiger partial charge in [-0.1, -0.05) is 31.1 Å². The van der Waals surface area contributed by atoms with Crippen molar-refractivity contribution in [1.82, 2.24) is 5.32 Å². The summed E-state index contributed by atoms with van der Waals surface area (Å²) < 4.78 is 0. The summed E-state index contributed by atoms with van der Waals surface area (Å²) in [5, 5.41) is 14.5. The zero-order valence-electron chi connectivity index (χ0n) is 10.7. The van der Waals surface area contributed by atoms with Crippen molar-refractivity contribution >= 4 is 11.7 Å². The van der Waals surface area contributed by atoms with E-state index in [9.17, 15) is 4.79 Å². The molecule has 1 aromatic carbocycles. The van der Waals surface area contributed by atoms with E-state index in [4.69, 9.17) is 10.9 Å². The van der Waals surface area contributed by atoms with E-state index in [0.717, 1.165) is 12.8 Å². The van der Waals surface area contributed by atoms with Crippen LogP contribution in [0.5, 0.6) is 0 Å². The topological polar surface area (TPSA) is 87.7 Å². The molecule has 0 saturated carbocycles. The molecule has 0 heterocycles. The second kappa shape index (κ2) is 6.64. The maximum atomic E-state index is 12.0. The van der Waals surface area contributed by atoms with E-state index in [1.807, 2.05) is 13.8 Å². The molecule has 0 atom stereocenters. The van der Waals surface area contributed by atoms with E-state index < -0.39 is 0 Å². The Morgan fingerprint density at radius 1 is 1.39 bits per heavy atom. The summed E-state index contributed by atoms with van der Waals surface area (Å²) in [5.41, 5.74) is 6.51. The van der Waals surface area contributed by atoms with Gasteiger partial charge in [0.1, 0.15) is 0 Å². The highest BCUT2D eigenvalue weighted by atomic mass is 16.4. The summed E-state index contributed by atoms with van der Waals surface area (Å²) in [6, 6.07) is 6.86. The molecule has 0 aliphatic carbocycles. The van der Waals surface area contributed by atoms with Gasteiger partial charge in [0.05, 0.1) is 0 Å². The Bertz CT molecular complexity index is 440. The molecule has 0 aliphatic heterocycles. The van der Waals surface area contributed by atoms with Crippen LogP contribution in [0.2, 0.25) is 0 Å². The normalized spacial score (nSPS) is 11.6. The van der Waals surface area contributed by atoms with Crippen molar-refractivity contribution in [2.75, 3.05) is 0 Å². The van der Waals surface area contributed by atoms with Crippen LogP contribution in [0.3, 0.4) is 0 Å². The number of amidine groups is 1. The summed E-state index contributed by atoms with van der Waals surface area (Å²) in [6.07, 6.45) is 1.78. The minimum Gasteiger partial charge on any atom is -0.409 e. The van der Waals surface area contributed by atoms with E-state index >= 15 is 0 Å². The number of carbonyl (C=O) groups excluding carboxylic acids is 1. The van der Waals surface area contributed by atoms with Crippen molar-refractivity contribution in [1.29, 1.82) is 0 Å². The van der Waals surface area contributed by atoms with Gasteiger partial charge >= 0.3 is 0 Å². The third-order valence-corrected chi connectivity index (χ3v) is 2.85. The molecule has 0 aromatic heterocycles. The quantitative estimate of drug-likeness (QED) is 0.321. The van der Waals surface area contributed by atoms with Crippen LogP contribution in [0.15, 0.2) is 29.4 Å². The highest BCUT2D eigenvalue weighted by Gasteiger charge is 2.11. The average molecular weight is 249 g/mol. The molecule has 1 amide bonds. The van der Waals surface area contributed by atoms with Gasteiger partial charge in [-0.05, 0) is 25.0 Å². The lowest BCUT2D eigenvalue weighted by atomic mass is 10.1. The molecule has 0 aliphatic rings. The van der Waals surface area contributed by atoms with Gasteiger partial charge in [-0.3, -0.25) is 4.79 Å². The van der Waals surface area contributed by atoms with Gasteiger partial charge in [0.2, 0.25) is 0 Å². The molecule has 5 nitrogen and oxygen atoms in total. The van der Waals surface area contributed by atoms with Crippen LogP contribution in [-0.4, -0.2) is 23.0 Å². The van der Waals surface area contributed by atoms with Crippen LogP contribution >= 0.6 is 0 Å². The second-order valence-electron chi connectivity index (χ2n) is 4.05. The molecular formula is C13H19N3O2. The zero-order chi connectivity index (χ0) is 13.5. The predicted molar refractivity (Wildman–Crippen MR) is 70.8 cm³/mol. The number of nitrogens with zero attached hydrogens (tertiary/aromatic N) is 1. The van der Waals surface area contributed by atoms with E-state index in [1.165, 1.54) is 0 Å². The van der Waals surface area contributed by atoms with Gasteiger partial charge in [-0.2, -0.15) is 0 Å². The number of oxime groups is 1. The molecular weight excluding hydrogens is 230 g/mol. The van der Waals surface area contributed by atoms with Crippen LogP contribution in [0, 0.1) is 0 Å². The van der Waals surface area contributed by atoms with Crippen LogP contribution in [-0.2, 0) is 0 Å². The molecule has 0 fully saturated rings. The maximum Gasteiger partial charge on any atom is 0.251 e. The molecule has 18 heavy (non-hydrogen) atoms. The van der Waals surface area contributed by atoms with Gasteiger partial charge < -0.3 is 16.3 Å². The fourth-order valence-electron chi connectivity index (χ4n) is 1.64. The van der Waals surface area contributed by atoms with E-state index in [0.29, 0.717) is 11.1 Å². The molecule has 0 saturated heterocycles. The molecule has 0 bridgehead atoms. The molecule has 1 rings (SSSR count). The number of nitrogens with one attached hydrogen (secondary N) is 1. The first-order valence-electron chi connectivity index (χ1n) is 6.01. The first kappa shape index (κ1) is 14.0. The Kier molecular flexibility index (Phi) is 5.17. The summed E-state index contributed by atoms with van der Waals surface area (Å²) in [5.74, 6) is -0.150. The fourth-order valence-corrected chi connectivity index (χ4v) is 1.64. The van der Waals surface area contributed by atoms with Crippen molar-refractivity contribution in [3.05, 3.63) is 35.4 Å². The molecule has 0 radical (unpaired) electrons. The maximum absolute atomic E-state index is 12.0. The number of amides is 1. The smallest absolute Gasteiger partial charge is 0.251 e. The van der Waals surface area contributed by atoms with E-state index in [2.05, 4.69) is 10.5 Å². The number of benzene rings is 1. The third kappa shape index (κ3) is 3.48. The third-order valence-electron chi connectivity index (χ3n) is 2.85. The number of rotatable bonds is 5. The minimum absolute atomic E-state index is 0.00724. The van der Waals surface area contributed by atoms with Crippen LogP contribution < -0.4 is 11.1 Å². The van der Waals surface area contributed by atoms with Crippen LogP contribution in [0.25, 0.3) is 0 Å². The van der Waals surface area contributed by atoms with Gasteiger partial charge in [0.15, 0.2) is 5.84 Å². The standard InChI is InChI=1S/C13H19N3O2/c1-3-11(4-2)15-13(17)10-7-5-6-9(8-10)12(14)16-18/h5-8,11,18H,3-4H2,1-2H3,(H2,14,16)(H,15,17). The molecule has 0 unspecified atom stereocenters. The fraction of sp³-hybridized carbons (Fsp3) is 0.385. The van der Waals surface area contributed by atoms with Gasteiger partial charge in [0, 0.05) is 17.2 Å². The lowest BCUT2D eigenvalue weighted by Crippen LogP contribution is -2.33. The lowest BCUT2D eigenvalue weighted by Gasteiger charge is -2.14. The minimum atomic E-state index is -0.142. The van der Waals surface area contributed by atoms with Crippen molar-refractivity contribution < 1.29 is 10.0 Å². The van der Waals surface area contributed by atoms with Crippen LogP contribution in [0.1, 0.15) is 42.6 Å². The van der Waals surface area contributed by atoms with Gasteiger partial charge in [-0.25, -0.2) is 0 Å². The monoisotopic (exact) mass is 249 g/mol. The highest BCUT2D eigenvalue weighted by Crippen LogP contribution is 2.06. The summed E-state index contributed by atoms with van der Waals surface area (Å²) in [4.78, 5) is 12.0. The number of hydrogen-bond donors (Lipinski definition) is 3. The zero-order valence-corrected chi connectivity index (χ0v) is 10.7. The van der Waals surface area contributed by atoms with Crippen molar-refractivity contribution in [3.8, 4) is 0 Å². The Morgan fingerprint density at radius 3 is 2.56 bits per heavy atom. The summed E-state index contributed by atoms with van der Waals surface area (Å²) in [6.45, 7) is 4.06. The van der Waals surface area contributed by atoms with Crippen molar-refractivity contribution in [2.45, 2.75) is 32.7 Å². The number of hydrogen-bond acceptors (Lipinski definition) is 3.